The minimum absolute atomic E-state index is 0.0373. The maximum atomic E-state index is 11.7. The summed E-state index contributed by atoms with van der Waals surface area (Å²) in [5, 5.41) is 20.1. The molecule has 0 aliphatic heterocycles. The molecule has 0 heterocycles. The fourth-order valence-electron chi connectivity index (χ4n) is 1.53. The van der Waals surface area contributed by atoms with Gasteiger partial charge in [0.1, 0.15) is 5.75 Å². The van der Waals surface area contributed by atoms with E-state index >= 15 is 0 Å². The molecule has 1 rings (SSSR count). The number of nitrogens with zero attached hydrogens (tertiary/aromatic N) is 1. The van der Waals surface area contributed by atoms with Crippen molar-refractivity contribution < 1.29 is 14.8 Å². The van der Waals surface area contributed by atoms with Crippen LogP contribution in [0.4, 0.5) is 5.69 Å². The van der Waals surface area contributed by atoms with E-state index in [0.29, 0.717) is 6.42 Å². The number of unbranched alkanes of at least 4 members (excludes halogenated alkanes) is 2. The smallest absolute Gasteiger partial charge is 0.270 e. The Hall–Kier alpha value is -1.91. The quantitative estimate of drug-likeness (QED) is 0.357. The fourth-order valence-corrected chi connectivity index (χ4v) is 1.53. The summed E-state index contributed by atoms with van der Waals surface area (Å²) in [6.45, 7) is 2.02. The molecular weight excluding hydrogens is 222 g/mol. The monoisotopic (exact) mass is 237 g/mol. The molecule has 1 N–H and O–H groups in total. The lowest BCUT2D eigenvalue weighted by molar-refractivity contribution is -0.384. The molecular formula is C12H15NO4. The molecule has 0 bridgehead atoms. The highest BCUT2D eigenvalue weighted by Gasteiger charge is 2.15. The topological polar surface area (TPSA) is 80.4 Å². The van der Waals surface area contributed by atoms with Crippen molar-refractivity contribution in [2.45, 2.75) is 32.6 Å². The van der Waals surface area contributed by atoms with E-state index in [0.717, 1.165) is 25.3 Å². The molecule has 5 nitrogen and oxygen atoms in total. The number of phenols is 1. The third kappa shape index (κ3) is 3.55. The van der Waals surface area contributed by atoms with Gasteiger partial charge in [0.05, 0.1) is 10.5 Å². The van der Waals surface area contributed by atoms with Gasteiger partial charge in [0.15, 0.2) is 5.78 Å². The summed E-state index contributed by atoms with van der Waals surface area (Å²) >= 11 is 0. The summed E-state index contributed by atoms with van der Waals surface area (Å²) in [5.74, 6) is -0.447. The van der Waals surface area contributed by atoms with E-state index in [4.69, 9.17) is 0 Å². The zero-order valence-corrected chi connectivity index (χ0v) is 9.68. The van der Waals surface area contributed by atoms with Crippen molar-refractivity contribution in [1.29, 1.82) is 0 Å². The Morgan fingerprint density at radius 2 is 2.12 bits per heavy atom. The maximum absolute atomic E-state index is 11.7. The molecule has 0 saturated heterocycles. The SMILES string of the molecule is CCCCCC(=O)c1cc([N+](=O)[O-])ccc1O. The third-order valence-corrected chi connectivity index (χ3v) is 2.50. The van der Waals surface area contributed by atoms with E-state index in [1.54, 1.807) is 0 Å². The number of carbonyl (C=O) groups excluding carboxylic acids is 1. The van der Waals surface area contributed by atoms with Crippen LogP contribution in [0.5, 0.6) is 5.75 Å². The number of hydrogen-bond donors (Lipinski definition) is 1. The summed E-state index contributed by atoms with van der Waals surface area (Å²) in [6, 6.07) is 3.49. The number of carbonyl (C=O) groups is 1. The Kier molecular flexibility index (Phi) is 4.63. The number of phenolic OH excluding ortho intramolecular Hbond substituents is 1. The number of benzene rings is 1. The van der Waals surface area contributed by atoms with Gasteiger partial charge in [-0.2, -0.15) is 0 Å². The van der Waals surface area contributed by atoms with Crippen LogP contribution in [0.25, 0.3) is 0 Å². The predicted molar refractivity (Wildman–Crippen MR) is 63.2 cm³/mol. The second-order valence-electron chi connectivity index (χ2n) is 3.84. The van der Waals surface area contributed by atoms with Crippen molar-refractivity contribution in [3.05, 3.63) is 33.9 Å². The molecule has 0 aromatic heterocycles. The van der Waals surface area contributed by atoms with Crippen LogP contribution in [-0.2, 0) is 0 Å². The van der Waals surface area contributed by atoms with Gasteiger partial charge in [-0.1, -0.05) is 19.8 Å². The van der Waals surface area contributed by atoms with Gasteiger partial charge in [0.25, 0.3) is 5.69 Å². The van der Waals surface area contributed by atoms with Crippen molar-refractivity contribution in [3.8, 4) is 5.75 Å². The van der Waals surface area contributed by atoms with Gasteiger partial charge in [0, 0.05) is 18.6 Å². The molecule has 92 valence electrons. The number of ketones is 1. The highest BCUT2D eigenvalue weighted by molar-refractivity contribution is 5.99. The minimum Gasteiger partial charge on any atom is -0.507 e. The van der Waals surface area contributed by atoms with Gasteiger partial charge in [-0.05, 0) is 12.5 Å². The average molecular weight is 237 g/mol. The summed E-state index contributed by atoms with van der Waals surface area (Å²) in [6.07, 6.45) is 2.97. The van der Waals surface area contributed by atoms with Crippen molar-refractivity contribution in [2.24, 2.45) is 0 Å². The first kappa shape index (κ1) is 13.2. The number of nitro benzene ring substituents is 1. The lowest BCUT2D eigenvalue weighted by Crippen LogP contribution is -2.00. The zero-order chi connectivity index (χ0) is 12.8. The van der Waals surface area contributed by atoms with Gasteiger partial charge in [-0.15, -0.1) is 0 Å². The summed E-state index contributed by atoms with van der Waals surface area (Å²) in [4.78, 5) is 21.7. The minimum atomic E-state index is -0.581. The molecule has 0 amide bonds. The van der Waals surface area contributed by atoms with Crippen molar-refractivity contribution >= 4 is 11.5 Å². The Morgan fingerprint density at radius 3 is 2.71 bits per heavy atom. The number of aromatic hydroxyl groups is 1. The van der Waals surface area contributed by atoms with Crippen molar-refractivity contribution in [2.75, 3.05) is 0 Å². The molecule has 0 saturated carbocycles. The van der Waals surface area contributed by atoms with Crippen LogP contribution in [0, 0.1) is 10.1 Å². The highest BCUT2D eigenvalue weighted by Crippen LogP contribution is 2.24. The summed E-state index contributed by atoms with van der Waals surface area (Å²) in [5.41, 5.74) is -0.142. The Bertz CT molecular complexity index is 429. The molecule has 0 radical (unpaired) electrons. The Balaban J connectivity index is 2.84. The van der Waals surface area contributed by atoms with Crippen LogP contribution >= 0.6 is 0 Å². The van der Waals surface area contributed by atoms with Gasteiger partial charge in [-0.3, -0.25) is 14.9 Å². The number of Topliss-reactive ketones (excluding diaryl/α,β-unsaturated/α-hetero) is 1. The molecule has 1 aromatic rings. The first-order valence-corrected chi connectivity index (χ1v) is 5.57. The van der Waals surface area contributed by atoms with E-state index in [2.05, 4.69) is 0 Å². The van der Waals surface area contributed by atoms with Crippen LogP contribution < -0.4 is 0 Å². The summed E-state index contributed by atoms with van der Waals surface area (Å²) in [7, 11) is 0. The highest BCUT2D eigenvalue weighted by atomic mass is 16.6. The fraction of sp³-hybridized carbons (Fsp3) is 0.417. The lowest BCUT2D eigenvalue weighted by Gasteiger charge is -2.03. The van der Waals surface area contributed by atoms with Gasteiger partial charge in [-0.25, -0.2) is 0 Å². The zero-order valence-electron chi connectivity index (χ0n) is 9.68. The molecule has 0 spiro atoms. The molecule has 1 aromatic carbocycles. The van der Waals surface area contributed by atoms with E-state index in [1.165, 1.54) is 12.1 Å². The molecule has 17 heavy (non-hydrogen) atoms. The van der Waals surface area contributed by atoms with Gasteiger partial charge in [0.2, 0.25) is 0 Å². The number of non-ortho nitro benzene ring substituents is 1. The van der Waals surface area contributed by atoms with Crippen LogP contribution in [-0.4, -0.2) is 15.8 Å². The normalized spacial score (nSPS) is 10.2. The van der Waals surface area contributed by atoms with E-state index in [1.807, 2.05) is 6.92 Å². The molecule has 0 fully saturated rings. The molecule has 0 aliphatic carbocycles. The van der Waals surface area contributed by atoms with E-state index in [9.17, 15) is 20.0 Å². The molecule has 0 aliphatic rings. The molecule has 5 heteroatoms. The van der Waals surface area contributed by atoms with Crippen LogP contribution in [0.3, 0.4) is 0 Å². The maximum Gasteiger partial charge on any atom is 0.270 e. The number of hydrogen-bond acceptors (Lipinski definition) is 4. The number of rotatable bonds is 6. The van der Waals surface area contributed by atoms with Gasteiger partial charge >= 0.3 is 0 Å². The van der Waals surface area contributed by atoms with Crippen molar-refractivity contribution in [1.82, 2.24) is 0 Å². The number of nitro groups is 1. The first-order chi connectivity index (χ1) is 8.06. The van der Waals surface area contributed by atoms with Gasteiger partial charge < -0.3 is 5.11 Å². The van der Waals surface area contributed by atoms with Crippen LogP contribution in [0.1, 0.15) is 43.0 Å². The van der Waals surface area contributed by atoms with E-state index < -0.39 is 4.92 Å². The predicted octanol–water partition coefficient (Wildman–Crippen LogP) is 3.06. The van der Waals surface area contributed by atoms with E-state index in [-0.39, 0.29) is 22.8 Å². The van der Waals surface area contributed by atoms with Crippen LogP contribution in [0.2, 0.25) is 0 Å². The first-order valence-electron chi connectivity index (χ1n) is 5.57. The average Bonchev–Trinajstić information content (AvgIpc) is 2.29. The summed E-state index contributed by atoms with van der Waals surface area (Å²) < 4.78 is 0. The standard InChI is InChI=1S/C12H15NO4/c1-2-3-4-5-11(14)10-8-9(13(16)17)6-7-12(10)15/h6-8,15H,2-5H2,1H3. The Labute approximate surface area is 99.2 Å². The van der Waals surface area contributed by atoms with Crippen LogP contribution in [0.15, 0.2) is 18.2 Å². The molecule has 0 unspecified atom stereocenters. The lowest BCUT2D eigenvalue weighted by atomic mass is 10.0. The van der Waals surface area contributed by atoms with Crippen molar-refractivity contribution in [3.63, 3.8) is 0 Å². The Morgan fingerprint density at radius 1 is 1.41 bits per heavy atom. The largest absolute Gasteiger partial charge is 0.507 e. The molecule has 0 atom stereocenters. The second-order valence-corrected chi connectivity index (χ2v) is 3.84. The second kappa shape index (κ2) is 5.98. The third-order valence-electron chi connectivity index (χ3n) is 2.50.